The predicted octanol–water partition coefficient (Wildman–Crippen LogP) is 14.6. The van der Waals surface area contributed by atoms with Gasteiger partial charge in [0.1, 0.15) is 21.9 Å². The summed E-state index contributed by atoms with van der Waals surface area (Å²) in [4.78, 5) is 0. The molecule has 1 aliphatic rings. The van der Waals surface area contributed by atoms with Gasteiger partial charge >= 0.3 is 0 Å². The van der Waals surface area contributed by atoms with Gasteiger partial charge in [-0.05, 0) is 31.8 Å². The Labute approximate surface area is 338 Å². The second-order valence-electron chi connectivity index (χ2n) is 14.1. The molecule has 0 spiro atoms. The quantitative estimate of drug-likeness (QED) is 0.0493. The molecule has 1 rings (SSSR count). The van der Waals surface area contributed by atoms with Crippen LogP contribution in [-0.2, 0) is 19.3 Å². The third-order valence-electron chi connectivity index (χ3n) is 8.75. The predicted molar refractivity (Wildman–Crippen MR) is 241 cm³/mol. The van der Waals surface area contributed by atoms with Gasteiger partial charge in [0.15, 0.2) is 0 Å². The number of hydrogen-bond donors (Lipinski definition) is 0. The van der Waals surface area contributed by atoms with Gasteiger partial charge in [0.25, 0.3) is 6.29 Å². The Hall–Kier alpha value is -3.83. The van der Waals surface area contributed by atoms with Crippen molar-refractivity contribution in [2.75, 3.05) is 12.0 Å². The van der Waals surface area contributed by atoms with Gasteiger partial charge in [-0.15, -0.1) is 0 Å². The zero-order valence-electron chi connectivity index (χ0n) is 34.6. The molecular weight excluding hydrogens is 697 g/mol. The SMILES string of the molecule is CCCCCCCCCC/C=C/C=C/C=C/C=C/C=C/C=C/C1OC=C(C(/C=C/C=C/C=C/C=C/C=C/C=C/CCCCCCCCCC)CS(C)(=O)=O)O1. The lowest BCUT2D eigenvalue weighted by atomic mass is 10.1. The van der Waals surface area contributed by atoms with Crippen LogP contribution in [0.15, 0.2) is 158 Å². The summed E-state index contributed by atoms with van der Waals surface area (Å²) in [5.74, 6) is -0.0166. The Morgan fingerprint density at radius 3 is 1.29 bits per heavy atom. The molecule has 1 heterocycles. The number of allylic oxidation sites excluding steroid dienone is 23. The van der Waals surface area contributed by atoms with Gasteiger partial charge in [-0.2, -0.15) is 0 Å². The van der Waals surface area contributed by atoms with Crippen LogP contribution in [0.25, 0.3) is 0 Å². The average molecular weight is 771 g/mol. The summed E-state index contributed by atoms with van der Waals surface area (Å²) in [7, 11) is -3.24. The zero-order valence-corrected chi connectivity index (χ0v) is 35.4. The third kappa shape index (κ3) is 34.4. The number of hydrogen-bond acceptors (Lipinski definition) is 4. The molecule has 2 atom stereocenters. The van der Waals surface area contributed by atoms with Gasteiger partial charge in [-0.3, -0.25) is 0 Å². The Kier molecular flexibility index (Phi) is 33.2. The van der Waals surface area contributed by atoms with Crippen molar-refractivity contribution < 1.29 is 17.9 Å². The van der Waals surface area contributed by atoms with Crippen molar-refractivity contribution in [1.82, 2.24) is 0 Å². The van der Waals surface area contributed by atoms with Crippen LogP contribution in [0.4, 0.5) is 0 Å². The third-order valence-corrected chi connectivity index (χ3v) is 9.72. The average Bonchev–Trinajstić information content (AvgIpc) is 3.64. The van der Waals surface area contributed by atoms with Gasteiger partial charge < -0.3 is 9.47 Å². The molecule has 0 radical (unpaired) electrons. The van der Waals surface area contributed by atoms with Crippen LogP contribution >= 0.6 is 0 Å². The molecule has 0 aromatic rings. The minimum atomic E-state index is -3.24. The normalized spacial score (nSPS) is 16.7. The van der Waals surface area contributed by atoms with Crippen LogP contribution < -0.4 is 0 Å². The summed E-state index contributed by atoms with van der Waals surface area (Å²) in [5.41, 5.74) is 0. The topological polar surface area (TPSA) is 52.6 Å². The fourth-order valence-corrected chi connectivity index (χ4v) is 6.59. The van der Waals surface area contributed by atoms with Gasteiger partial charge in [-0.25, -0.2) is 8.42 Å². The van der Waals surface area contributed by atoms with E-state index in [0.717, 1.165) is 12.8 Å². The van der Waals surface area contributed by atoms with Gasteiger partial charge in [0, 0.05) is 6.26 Å². The Morgan fingerprint density at radius 2 is 0.873 bits per heavy atom. The van der Waals surface area contributed by atoms with Crippen LogP contribution in [0.1, 0.15) is 129 Å². The van der Waals surface area contributed by atoms with E-state index in [1.165, 1.54) is 115 Å². The van der Waals surface area contributed by atoms with Gasteiger partial charge in [-0.1, -0.05) is 243 Å². The maximum atomic E-state index is 12.1. The second-order valence-corrected chi connectivity index (χ2v) is 16.3. The molecule has 0 N–H and O–H groups in total. The highest BCUT2D eigenvalue weighted by Gasteiger charge is 2.25. The van der Waals surface area contributed by atoms with Crippen molar-refractivity contribution in [3.63, 3.8) is 0 Å². The van der Waals surface area contributed by atoms with Crippen LogP contribution in [0.2, 0.25) is 0 Å². The number of sulfone groups is 1. The molecule has 0 fully saturated rings. The van der Waals surface area contributed by atoms with E-state index in [1.807, 2.05) is 103 Å². The summed E-state index contributed by atoms with van der Waals surface area (Å²) < 4.78 is 35.8. The maximum absolute atomic E-state index is 12.1. The highest BCUT2D eigenvalue weighted by molar-refractivity contribution is 7.90. The van der Waals surface area contributed by atoms with Crippen LogP contribution in [0.3, 0.4) is 0 Å². The number of unbranched alkanes of at least 4 members (excludes halogenated alkanes) is 16. The molecule has 5 heteroatoms. The second kappa shape index (κ2) is 37.1. The lowest BCUT2D eigenvalue weighted by Crippen LogP contribution is -2.17. The standard InChI is InChI=1S/C50H74O4S/c1-4-6-8-10-12-14-16-18-20-22-24-26-28-30-32-34-36-38-40-42-44-48(47-55(3,51)52)49-46-53-50(54-49)45-43-41-39-37-35-33-31-29-27-25-23-21-19-17-15-13-11-9-7-5-2/h22-46,48,50H,4-21,47H2,1-3H3/b24-22+,25-23+,28-26+,29-27+,32-30+,33-31+,36-34+,37-35+,40-38+,41-39+,44-42+,45-43+. The maximum Gasteiger partial charge on any atom is 0.260 e. The summed E-state index contributed by atoms with van der Waals surface area (Å²) in [5, 5.41) is 0. The first-order valence-corrected chi connectivity index (χ1v) is 23.2. The van der Waals surface area contributed by atoms with E-state index in [9.17, 15) is 8.42 Å². The van der Waals surface area contributed by atoms with E-state index in [4.69, 9.17) is 9.47 Å². The molecule has 0 amide bonds. The van der Waals surface area contributed by atoms with Crippen molar-refractivity contribution in [1.29, 1.82) is 0 Å². The smallest absolute Gasteiger partial charge is 0.260 e. The summed E-state index contributed by atoms with van der Waals surface area (Å²) >= 11 is 0. The molecule has 0 bridgehead atoms. The van der Waals surface area contributed by atoms with Crippen LogP contribution in [0, 0.1) is 5.92 Å². The first-order valence-electron chi connectivity index (χ1n) is 21.2. The number of rotatable bonds is 33. The van der Waals surface area contributed by atoms with Crippen molar-refractivity contribution in [3.8, 4) is 0 Å². The van der Waals surface area contributed by atoms with E-state index in [0.29, 0.717) is 5.76 Å². The fourth-order valence-electron chi connectivity index (χ4n) is 5.66. The summed E-state index contributed by atoms with van der Waals surface area (Å²) in [6.07, 6.45) is 73.7. The molecule has 0 aromatic carbocycles. The molecule has 1 aliphatic heterocycles. The monoisotopic (exact) mass is 771 g/mol. The van der Waals surface area contributed by atoms with E-state index >= 15 is 0 Å². The number of ether oxygens (including phenoxy) is 2. The van der Waals surface area contributed by atoms with Crippen molar-refractivity contribution in [2.24, 2.45) is 5.92 Å². The van der Waals surface area contributed by atoms with Gasteiger partial charge in [0.05, 0.1) is 11.7 Å². The summed E-state index contributed by atoms with van der Waals surface area (Å²) in [6.45, 7) is 4.53. The highest BCUT2D eigenvalue weighted by Crippen LogP contribution is 2.25. The summed E-state index contributed by atoms with van der Waals surface area (Å²) in [6, 6.07) is 0. The van der Waals surface area contributed by atoms with Crippen molar-refractivity contribution in [2.45, 2.75) is 136 Å². The minimum absolute atomic E-state index is 0.0650. The molecule has 0 saturated carbocycles. The molecular formula is C50H74O4S. The first-order chi connectivity index (χ1) is 27.0. The Balaban J connectivity index is 2.32. The van der Waals surface area contributed by atoms with E-state index in [1.54, 1.807) is 6.08 Å². The molecule has 0 saturated heterocycles. The Morgan fingerprint density at radius 1 is 0.509 bits per heavy atom. The molecule has 0 aliphatic carbocycles. The van der Waals surface area contributed by atoms with Gasteiger partial charge in [0.2, 0.25) is 0 Å². The molecule has 304 valence electrons. The van der Waals surface area contributed by atoms with Crippen molar-refractivity contribution in [3.05, 3.63) is 158 Å². The zero-order chi connectivity index (χ0) is 39.8. The van der Waals surface area contributed by atoms with E-state index < -0.39 is 22.0 Å². The fraction of sp³-hybridized carbons (Fsp3) is 0.480. The minimum Gasteiger partial charge on any atom is -0.455 e. The Bertz CT molecular complexity index is 1440. The van der Waals surface area contributed by atoms with E-state index in [-0.39, 0.29) is 5.75 Å². The molecule has 2 unspecified atom stereocenters. The first kappa shape index (κ1) is 49.2. The molecule has 4 nitrogen and oxygen atoms in total. The molecule has 0 aromatic heterocycles. The lowest BCUT2D eigenvalue weighted by Gasteiger charge is -2.13. The van der Waals surface area contributed by atoms with Crippen molar-refractivity contribution >= 4 is 9.84 Å². The van der Waals surface area contributed by atoms with Crippen LogP contribution in [0.5, 0.6) is 0 Å². The lowest BCUT2D eigenvalue weighted by molar-refractivity contribution is 0.00467. The van der Waals surface area contributed by atoms with E-state index in [2.05, 4.69) is 50.3 Å². The van der Waals surface area contributed by atoms with Crippen LogP contribution in [-0.4, -0.2) is 26.7 Å². The largest absolute Gasteiger partial charge is 0.455 e. The highest BCUT2D eigenvalue weighted by atomic mass is 32.2. The molecule has 55 heavy (non-hydrogen) atoms.